The van der Waals surface area contributed by atoms with E-state index in [2.05, 4.69) is 31.9 Å². The summed E-state index contributed by atoms with van der Waals surface area (Å²) in [5.74, 6) is -0.143. The molecular weight excluding hydrogens is 481 g/mol. The van der Waals surface area contributed by atoms with E-state index in [4.69, 9.17) is 4.42 Å². The van der Waals surface area contributed by atoms with Gasteiger partial charge in [-0.1, -0.05) is 6.92 Å². The molecule has 26 heavy (non-hydrogen) atoms. The maximum atomic E-state index is 13.0. The van der Waals surface area contributed by atoms with Crippen LogP contribution in [0.25, 0.3) is 11.0 Å². The van der Waals surface area contributed by atoms with E-state index in [0.717, 1.165) is 12.1 Å². The lowest BCUT2D eigenvalue weighted by atomic mass is 9.98. The zero-order valence-electron chi connectivity index (χ0n) is 13.2. The summed E-state index contributed by atoms with van der Waals surface area (Å²) in [4.78, 5) is 13.0. The first-order valence-electron chi connectivity index (χ1n) is 7.48. The van der Waals surface area contributed by atoms with Crippen LogP contribution in [0.3, 0.4) is 0 Å². The molecule has 0 saturated carbocycles. The fraction of sp³-hybridized carbons (Fsp3) is 0.167. The fourth-order valence-electron chi connectivity index (χ4n) is 2.66. The van der Waals surface area contributed by atoms with Crippen LogP contribution in [0, 0.1) is 0 Å². The molecule has 1 aromatic heterocycles. The van der Waals surface area contributed by atoms with Crippen molar-refractivity contribution in [3.8, 4) is 5.75 Å². The quantitative estimate of drug-likeness (QED) is 0.427. The molecule has 0 radical (unpaired) electrons. The van der Waals surface area contributed by atoms with Gasteiger partial charge in [0.05, 0.1) is 20.1 Å². The van der Waals surface area contributed by atoms with Crippen LogP contribution < -0.4 is 0 Å². The Kier molecular flexibility index (Phi) is 4.92. The second-order valence-corrected chi connectivity index (χ2v) is 7.29. The third kappa shape index (κ3) is 3.27. The number of phenolic OH excluding ortho intramolecular Hbond substituents is 1. The Hall–Kier alpha value is -1.80. The lowest BCUT2D eigenvalue weighted by Gasteiger charge is -2.07. The van der Waals surface area contributed by atoms with E-state index in [1.54, 1.807) is 6.92 Å². The van der Waals surface area contributed by atoms with Gasteiger partial charge in [-0.05, 0) is 62.2 Å². The summed E-state index contributed by atoms with van der Waals surface area (Å²) in [5, 5.41) is 10.1. The summed E-state index contributed by atoms with van der Waals surface area (Å²) in [6.45, 7) is 1.75. The molecule has 0 aliphatic heterocycles. The highest BCUT2D eigenvalue weighted by atomic mass is 79.9. The molecule has 8 heteroatoms. The molecule has 0 saturated heterocycles. The molecular formula is C18H11Br2F3O3. The van der Waals surface area contributed by atoms with Gasteiger partial charge in [-0.2, -0.15) is 13.2 Å². The molecule has 3 aromatic rings. The minimum atomic E-state index is -4.50. The van der Waals surface area contributed by atoms with Crippen LogP contribution in [0.5, 0.6) is 5.75 Å². The van der Waals surface area contributed by atoms with Gasteiger partial charge in [-0.3, -0.25) is 4.79 Å². The molecule has 0 atom stereocenters. The number of hydrogen-bond acceptors (Lipinski definition) is 3. The second kappa shape index (κ2) is 6.74. The largest absolute Gasteiger partial charge is 0.506 e. The van der Waals surface area contributed by atoms with Gasteiger partial charge in [-0.15, -0.1) is 0 Å². The van der Waals surface area contributed by atoms with Crippen molar-refractivity contribution in [3.05, 3.63) is 61.7 Å². The molecule has 0 aliphatic rings. The summed E-state index contributed by atoms with van der Waals surface area (Å²) in [5.41, 5.74) is -0.341. The Balaban J connectivity index is 2.19. The monoisotopic (exact) mass is 490 g/mol. The number of halogens is 5. The number of fused-ring (bicyclic) bond motifs is 1. The van der Waals surface area contributed by atoms with Crippen molar-refractivity contribution in [2.45, 2.75) is 19.5 Å². The molecule has 0 fully saturated rings. The predicted octanol–water partition coefficient (Wildman–Crippen LogP) is 6.48. The number of furan rings is 1. The van der Waals surface area contributed by atoms with Crippen LogP contribution in [-0.4, -0.2) is 10.9 Å². The highest BCUT2D eigenvalue weighted by molar-refractivity contribution is 9.11. The van der Waals surface area contributed by atoms with E-state index >= 15 is 0 Å². The first-order valence-corrected chi connectivity index (χ1v) is 9.07. The van der Waals surface area contributed by atoms with E-state index < -0.39 is 17.5 Å². The van der Waals surface area contributed by atoms with Crippen molar-refractivity contribution >= 4 is 48.6 Å². The van der Waals surface area contributed by atoms with E-state index in [0.29, 0.717) is 26.5 Å². The number of carbonyl (C=O) groups is 1. The summed E-state index contributed by atoms with van der Waals surface area (Å²) >= 11 is 6.33. The number of ketones is 1. The average Bonchev–Trinajstić information content (AvgIpc) is 2.95. The normalized spacial score (nSPS) is 11.9. The predicted molar refractivity (Wildman–Crippen MR) is 97.5 cm³/mol. The molecule has 3 rings (SSSR count). The maximum absolute atomic E-state index is 13.0. The Morgan fingerprint density at radius 3 is 2.31 bits per heavy atom. The second-order valence-electron chi connectivity index (χ2n) is 5.58. The van der Waals surface area contributed by atoms with Gasteiger partial charge >= 0.3 is 6.18 Å². The standard InChI is InChI=1S/C18H11Br2F3O3/c1-2-13-15(16(24)8-5-11(19)17(25)12(20)6-8)10-4-3-9(18(21,22)23)7-14(10)26-13/h3-7,25H,2H2,1H3. The number of alkyl halides is 3. The van der Waals surface area contributed by atoms with Gasteiger partial charge in [0.15, 0.2) is 5.78 Å². The van der Waals surface area contributed by atoms with Crippen molar-refractivity contribution in [3.63, 3.8) is 0 Å². The average molecular weight is 492 g/mol. The van der Waals surface area contributed by atoms with Gasteiger partial charge in [0.1, 0.15) is 17.1 Å². The van der Waals surface area contributed by atoms with Gasteiger partial charge in [0.2, 0.25) is 0 Å². The topological polar surface area (TPSA) is 50.4 Å². The van der Waals surface area contributed by atoms with Crippen molar-refractivity contribution in [2.24, 2.45) is 0 Å². The third-order valence-corrected chi connectivity index (χ3v) is 5.13. The molecule has 0 unspecified atom stereocenters. The molecule has 0 spiro atoms. The van der Waals surface area contributed by atoms with E-state index in [9.17, 15) is 23.1 Å². The highest BCUT2D eigenvalue weighted by Crippen LogP contribution is 2.37. The SMILES string of the molecule is CCc1oc2cc(C(F)(F)F)ccc2c1C(=O)c1cc(Br)c(O)c(Br)c1. The van der Waals surface area contributed by atoms with Crippen LogP contribution in [-0.2, 0) is 12.6 Å². The molecule has 136 valence electrons. The van der Waals surface area contributed by atoms with Crippen LogP contribution in [0.1, 0.15) is 34.2 Å². The summed E-state index contributed by atoms with van der Waals surface area (Å²) in [6.07, 6.45) is -4.15. The molecule has 1 heterocycles. The van der Waals surface area contributed by atoms with Crippen molar-refractivity contribution < 1.29 is 27.5 Å². The minimum absolute atomic E-state index is 0.0111. The number of hydrogen-bond donors (Lipinski definition) is 1. The van der Waals surface area contributed by atoms with E-state index in [1.165, 1.54) is 18.2 Å². The zero-order valence-corrected chi connectivity index (χ0v) is 16.4. The van der Waals surface area contributed by atoms with Gasteiger partial charge < -0.3 is 9.52 Å². The molecule has 1 N–H and O–H groups in total. The minimum Gasteiger partial charge on any atom is -0.506 e. The lowest BCUT2D eigenvalue weighted by Crippen LogP contribution is -2.05. The number of carbonyl (C=O) groups excluding carboxylic acids is 1. The number of aromatic hydroxyl groups is 1. The molecule has 3 nitrogen and oxygen atoms in total. The maximum Gasteiger partial charge on any atom is 0.416 e. The number of aryl methyl sites for hydroxylation is 1. The first kappa shape index (κ1) is 19.0. The number of benzene rings is 2. The smallest absolute Gasteiger partial charge is 0.416 e. The van der Waals surface area contributed by atoms with E-state index in [-0.39, 0.29) is 22.5 Å². The van der Waals surface area contributed by atoms with Crippen molar-refractivity contribution in [2.75, 3.05) is 0 Å². The highest BCUT2D eigenvalue weighted by Gasteiger charge is 2.32. The van der Waals surface area contributed by atoms with Crippen LogP contribution in [0.15, 0.2) is 43.7 Å². The Morgan fingerprint density at radius 2 is 1.77 bits per heavy atom. The van der Waals surface area contributed by atoms with Crippen LogP contribution >= 0.6 is 31.9 Å². The van der Waals surface area contributed by atoms with Crippen molar-refractivity contribution in [1.82, 2.24) is 0 Å². The Morgan fingerprint density at radius 1 is 1.15 bits per heavy atom. The fourth-order valence-corrected chi connectivity index (χ4v) is 3.85. The lowest BCUT2D eigenvalue weighted by molar-refractivity contribution is -0.137. The van der Waals surface area contributed by atoms with Crippen molar-refractivity contribution in [1.29, 1.82) is 0 Å². The third-order valence-electron chi connectivity index (χ3n) is 3.92. The molecule has 0 aliphatic carbocycles. The molecule has 2 aromatic carbocycles. The van der Waals surface area contributed by atoms with Crippen LogP contribution in [0.4, 0.5) is 13.2 Å². The number of rotatable bonds is 3. The Bertz CT molecular complexity index is 999. The van der Waals surface area contributed by atoms with Crippen LogP contribution in [0.2, 0.25) is 0 Å². The van der Waals surface area contributed by atoms with Gasteiger partial charge in [0, 0.05) is 17.4 Å². The first-order chi connectivity index (χ1) is 12.1. The Labute approximate surface area is 163 Å². The molecule has 0 amide bonds. The van der Waals surface area contributed by atoms with E-state index in [1.807, 2.05) is 0 Å². The summed E-state index contributed by atoms with van der Waals surface area (Å²) in [6, 6.07) is 5.97. The van der Waals surface area contributed by atoms with Gasteiger partial charge in [0.25, 0.3) is 0 Å². The molecule has 0 bridgehead atoms. The number of phenols is 1. The zero-order chi connectivity index (χ0) is 19.2. The van der Waals surface area contributed by atoms with Gasteiger partial charge in [-0.25, -0.2) is 0 Å². The summed E-state index contributed by atoms with van der Waals surface area (Å²) in [7, 11) is 0. The summed E-state index contributed by atoms with van der Waals surface area (Å²) < 4.78 is 44.9.